The van der Waals surface area contributed by atoms with Gasteiger partial charge in [-0.3, -0.25) is 0 Å². The first-order valence-corrected chi connectivity index (χ1v) is 7.72. The number of halogens is 1. The van der Waals surface area contributed by atoms with Gasteiger partial charge in [-0.2, -0.15) is 0 Å². The van der Waals surface area contributed by atoms with Crippen molar-refractivity contribution >= 4 is 34.7 Å². The van der Waals surface area contributed by atoms with Gasteiger partial charge in [0.05, 0.1) is 0 Å². The first-order valence-electron chi connectivity index (χ1n) is 6.64. The Hall–Kier alpha value is -1.31. The van der Waals surface area contributed by atoms with E-state index in [9.17, 15) is 14.7 Å². The number of carbonyl (C=O) groups is 2. The van der Waals surface area contributed by atoms with Crippen LogP contribution >= 0.6 is 22.6 Å². The molecule has 0 bridgehead atoms. The maximum atomic E-state index is 11.6. The first-order chi connectivity index (χ1) is 9.67. The number of hydrogen-bond acceptors (Lipinski definition) is 3. The average molecular weight is 405 g/mol. The molecule has 0 saturated carbocycles. The van der Waals surface area contributed by atoms with Gasteiger partial charge in [0.2, 0.25) is 0 Å². The summed E-state index contributed by atoms with van der Waals surface area (Å²) < 4.78 is 6.19. The Balaban J connectivity index is 2.56. The van der Waals surface area contributed by atoms with E-state index in [0.29, 0.717) is 12.8 Å². The van der Waals surface area contributed by atoms with Gasteiger partial charge in [-0.25, -0.2) is 9.59 Å². The maximum absolute atomic E-state index is 11.6. The number of carboxylic acids is 1. The van der Waals surface area contributed by atoms with E-state index in [4.69, 9.17) is 4.74 Å². The predicted molar refractivity (Wildman–Crippen MR) is 88.3 cm³/mol. The maximum Gasteiger partial charge on any atom is 0.408 e. The highest BCUT2D eigenvalue weighted by Crippen LogP contribution is 2.11. The Morgan fingerprint density at radius 1 is 1.29 bits per heavy atom. The number of hydrogen-bond donors (Lipinski definition) is 2. The van der Waals surface area contributed by atoms with E-state index >= 15 is 0 Å². The van der Waals surface area contributed by atoms with Gasteiger partial charge in [0, 0.05) is 3.57 Å². The molecule has 116 valence electrons. The number of ether oxygens (including phenoxy) is 1. The molecular weight excluding hydrogens is 385 g/mol. The third-order valence-corrected chi connectivity index (χ3v) is 3.34. The summed E-state index contributed by atoms with van der Waals surface area (Å²) in [7, 11) is 0. The van der Waals surface area contributed by atoms with Crippen molar-refractivity contribution in [1.82, 2.24) is 5.32 Å². The van der Waals surface area contributed by atoms with Crippen molar-refractivity contribution in [2.24, 2.45) is 0 Å². The molecule has 1 aromatic rings. The van der Waals surface area contributed by atoms with Crippen LogP contribution in [0.1, 0.15) is 32.8 Å². The standard InChI is InChI=1S/C15H20INO4/c1-15(2,3)21-14(20)17-12(13(18)19)9-6-10-4-7-11(16)8-5-10/h4-5,7-8,12H,6,9H2,1-3H3,(H,17,20)(H,18,19). The largest absolute Gasteiger partial charge is 0.480 e. The molecule has 0 aliphatic carbocycles. The van der Waals surface area contributed by atoms with Crippen molar-refractivity contribution < 1.29 is 19.4 Å². The monoisotopic (exact) mass is 405 g/mol. The number of amides is 1. The number of nitrogens with one attached hydrogen (secondary N) is 1. The molecule has 21 heavy (non-hydrogen) atoms. The normalized spacial score (nSPS) is 12.6. The smallest absolute Gasteiger partial charge is 0.408 e. The van der Waals surface area contributed by atoms with Crippen LogP contribution in [0, 0.1) is 3.57 Å². The number of aryl methyl sites for hydroxylation is 1. The molecule has 5 nitrogen and oxygen atoms in total. The van der Waals surface area contributed by atoms with E-state index in [2.05, 4.69) is 27.9 Å². The van der Waals surface area contributed by atoms with E-state index in [1.165, 1.54) is 0 Å². The number of carboxylic acid groups (broad SMARTS) is 1. The first kappa shape index (κ1) is 17.7. The molecule has 0 fully saturated rings. The summed E-state index contributed by atoms with van der Waals surface area (Å²) in [5, 5.41) is 11.6. The van der Waals surface area contributed by atoms with Crippen LogP contribution in [-0.2, 0) is 16.0 Å². The molecule has 1 unspecified atom stereocenters. The van der Waals surface area contributed by atoms with Crippen molar-refractivity contribution in [3.63, 3.8) is 0 Å². The summed E-state index contributed by atoms with van der Waals surface area (Å²) in [6.45, 7) is 5.19. The molecule has 0 heterocycles. The lowest BCUT2D eigenvalue weighted by Crippen LogP contribution is -2.43. The molecule has 0 aliphatic rings. The highest BCUT2D eigenvalue weighted by molar-refractivity contribution is 14.1. The van der Waals surface area contributed by atoms with Crippen LogP contribution in [0.3, 0.4) is 0 Å². The lowest BCUT2D eigenvalue weighted by atomic mass is 10.1. The number of rotatable bonds is 5. The molecular formula is C15H20INO4. The zero-order chi connectivity index (χ0) is 16.0. The summed E-state index contributed by atoms with van der Waals surface area (Å²) in [4.78, 5) is 22.8. The fraction of sp³-hybridized carbons (Fsp3) is 0.467. The van der Waals surface area contributed by atoms with Gasteiger partial charge in [0.15, 0.2) is 0 Å². The van der Waals surface area contributed by atoms with E-state index in [1.807, 2.05) is 24.3 Å². The van der Waals surface area contributed by atoms with Crippen molar-refractivity contribution in [2.45, 2.75) is 45.3 Å². The summed E-state index contributed by atoms with van der Waals surface area (Å²) in [5.41, 5.74) is 0.385. The molecule has 1 rings (SSSR count). The van der Waals surface area contributed by atoms with E-state index in [1.54, 1.807) is 20.8 Å². The Bertz CT molecular complexity index is 493. The summed E-state index contributed by atoms with van der Waals surface area (Å²) in [6, 6.07) is 6.88. The molecule has 0 radical (unpaired) electrons. The molecule has 0 spiro atoms. The van der Waals surface area contributed by atoms with Crippen LogP contribution in [0.2, 0.25) is 0 Å². The Morgan fingerprint density at radius 3 is 2.33 bits per heavy atom. The minimum atomic E-state index is -1.06. The fourth-order valence-electron chi connectivity index (χ4n) is 1.67. The number of carbonyl (C=O) groups excluding carboxylic acids is 1. The topological polar surface area (TPSA) is 75.6 Å². The number of benzene rings is 1. The summed E-state index contributed by atoms with van der Waals surface area (Å²) in [5.74, 6) is -1.06. The van der Waals surface area contributed by atoms with Crippen molar-refractivity contribution in [1.29, 1.82) is 0 Å². The molecule has 0 aromatic heterocycles. The number of alkyl carbamates (subject to hydrolysis) is 1. The number of aliphatic carboxylic acids is 1. The molecule has 1 aromatic carbocycles. The van der Waals surface area contributed by atoms with Crippen molar-refractivity contribution in [2.75, 3.05) is 0 Å². The van der Waals surface area contributed by atoms with E-state index in [0.717, 1.165) is 9.13 Å². The molecule has 0 saturated heterocycles. The van der Waals surface area contributed by atoms with E-state index in [-0.39, 0.29) is 0 Å². The van der Waals surface area contributed by atoms with Crippen LogP contribution in [-0.4, -0.2) is 28.8 Å². The van der Waals surface area contributed by atoms with Crippen LogP contribution in [0.15, 0.2) is 24.3 Å². The van der Waals surface area contributed by atoms with E-state index < -0.39 is 23.7 Å². The van der Waals surface area contributed by atoms with Crippen LogP contribution < -0.4 is 5.32 Å². The van der Waals surface area contributed by atoms with Crippen LogP contribution in [0.4, 0.5) is 4.79 Å². The Kier molecular flexibility index (Phi) is 6.44. The second kappa shape index (κ2) is 7.63. The van der Waals surface area contributed by atoms with Crippen LogP contribution in [0.5, 0.6) is 0 Å². The van der Waals surface area contributed by atoms with Crippen molar-refractivity contribution in [3.8, 4) is 0 Å². The van der Waals surface area contributed by atoms with Gasteiger partial charge in [0.1, 0.15) is 11.6 Å². The molecule has 6 heteroatoms. The average Bonchev–Trinajstić information content (AvgIpc) is 2.33. The molecule has 0 aliphatic heterocycles. The minimum absolute atomic E-state index is 0.315. The highest BCUT2D eigenvalue weighted by Gasteiger charge is 2.23. The third kappa shape index (κ3) is 7.31. The summed E-state index contributed by atoms with van der Waals surface area (Å²) in [6.07, 6.45) is 0.177. The SMILES string of the molecule is CC(C)(C)OC(=O)NC(CCc1ccc(I)cc1)C(=O)O. The summed E-state index contributed by atoms with van der Waals surface area (Å²) >= 11 is 2.21. The van der Waals surface area contributed by atoms with Gasteiger partial charge < -0.3 is 15.2 Å². The fourth-order valence-corrected chi connectivity index (χ4v) is 2.03. The second-order valence-electron chi connectivity index (χ2n) is 5.70. The quantitative estimate of drug-likeness (QED) is 0.738. The van der Waals surface area contributed by atoms with Gasteiger partial charge in [-0.05, 0) is 73.9 Å². The molecule has 1 amide bonds. The van der Waals surface area contributed by atoms with Gasteiger partial charge in [-0.15, -0.1) is 0 Å². The van der Waals surface area contributed by atoms with Gasteiger partial charge in [-0.1, -0.05) is 12.1 Å². The third-order valence-electron chi connectivity index (χ3n) is 2.62. The molecule has 1 atom stereocenters. The minimum Gasteiger partial charge on any atom is -0.480 e. The highest BCUT2D eigenvalue weighted by atomic mass is 127. The Morgan fingerprint density at radius 2 is 1.86 bits per heavy atom. The second-order valence-corrected chi connectivity index (χ2v) is 6.95. The zero-order valence-electron chi connectivity index (χ0n) is 12.4. The predicted octanol–water partition coefficient (Wildman–Crippen LogP) is 3.20. The lowest BCUT2D eigenvalue weighted by molar-refractivity contribution is -0.139. The zero-order valence-corrected chi connectivity index (χ0v) is 14.5. The van der Waals surface area contributed by atoms with Gasteiger partial charge in [0.25, 0.3) is 0 Å². The Labute approximate surface area is 138 Å². The van der Waals surface area contributed by atoms with Crippen molar-refractivity contribution in [3.05, 3.63) is 33.4 Å². The lowest BCUT2D eigenvalue weighted by Gasteiger charge is -2.22. The molecule has 2 N–H and O–H groups in total. The van der Waals surface area contributed by atoms with Crippen LogP contribution in [0.25, 0.3) is 0 Å². The van der Waals surface area contributed by atoms with Gasteiger partial charge >= 0.3 is 12.1 Å².